The molecule has 0 spiro atoms. The molecular weight excluding hydrogens is 546 g/mol. The second-order valence-corrected chi connectivity index (χ2v) is 9.85. The fourth-order valence-electron chi connectivity index (χ4n) is 4.24. The van der Waals surface area contributed by atoms with Gasteiger partial charge >= 0.3 is 12.4 Å². The Kier molecular flexibility index (Phi) is 7.78. The smallest absolute Gasteiger partial charge is 0.420 e. The number of carbonyl (C=O) groups is 2. The topological polar surface area (TPSA) is 71.2 Å². The Morgan fingerprint density at radius 3 is 2.26 bits per heavy atom. The largest absolute Gasteiger partial charge is 0.456 e. The molecule has 0 saturated heterocycles. The molecule has 12 heteroatoms. The maximum atomic E-state index is 14.0. The lowest BCUT2D eigenvalue weighted by Gasteiger charge is -2.21. The van der Waals surface area contributed by atoms with Crippen LogP contribution in [0.4, 0.5) is 32.0 Å². The maximum absolute atomic E-state index is 14.0. The Labute approximate surface area is 222 Å². The summed E-state index contributed by atoms with van der Waals surface area (Å²) < 4.78 is 89.6. The summed E-state index contributed by atoms with van der Waals surface area (Å²) in [5, 5.41) is 3.97. The van der Waals surface area contributed by atoms with Gasteiger partial charge in [-0.1, -0.05) is 26.3 Å². The normalized spacial score (nSPS) is 12.9. The predicted octanol–water partition coefficient (Wildman–Crippen LogP) is 8.78. The first kappa shape index (κ1) is 28.2. The minimum Gasteiger partial charge on any atom is -0.456 e. The van der Waals surface area contributed by atoms with Crippen LogP contribution in [-0.4, -0.2) is 16.7 Å². The number of H-pyrrole nitrogens is 1. The zero-order valence-corrected chi connectivity index (χ0v) is 21.4. The standard InChI is InChI=1S/C27H22F6N2O3S/c1-3-5-14(2)18-13-34-21-8-7-16(12-17(18)21)38-24-19(26(28,29)30)10-15(11-20(24)27(31,32)33)35-25(37)23(36)22-6-4-9-39-22/h4,6-14,34H,3,5H2,1-2H3,(H,35,37). The number of aromatic amines is 1. The number of benzene rings is 2. The molecular formula is C27H22F6N2O3S. The van der Waals surface area contributed by atoms with Gasteiger partial charge in [0.25, 0.3) is 11.7 Å². The highest BCUT2D eigenvalue weighted by Gasteiger charge is 2.43. The van der Waals surface area contributed by atoms with E-state index in [4.69, 9.17) is 4.74 Å². The Morgan fingerprint density at radius 2 is 1.69 bits per heavy atom. The lowest BCUT2D eigenvalue weighted by atomic mass is 9.96. The van der Waals surface area contributed by atoms with Gasteiger partial charge in [0.15, 0.2) is 5.75 Å². The van der Waals surface area contributed by atoms with Crippen LogP contribution in [0.1, 0.15) is 59.0 Å². The Balaban J connectivity index is 1.78. The average Bonchev–Trinajstić information content (AvgIpc) is 3.53. The molecule has 0 saturated carbocycles. The lowest BCUT2D eigenvalue weighted by molar-refractivity contribution is -0.145. The number of thiophene rings is 1. The van der Waals surface area contributed by atoms with Gasteiger partial charge in [0, 0.05) is 22.8 Å². The third-order valence-corrected chi connectivity index (χ3v) is 6.94. The zero-order chi connectivity index (χ0) is 28.5. The number of aromatic nitrogens is 1. The molecule has 39 heavy (non-hydrogen) atoms. The quantitative estimate of drug-likeness (QED) is 0.127. The SMILES string of the molecule is CCCC(C)c1c[nH]c2ccc(Oc3c(C(F)(F)F)cc(NC(=O)C(=O)c4cccs4)cc3C(F)(F)F)cc12. The number of nitrogens with one attached hydrogen (secondary N) is 2. The first-order chi connectivity index (χ1) is 18.3. The van der Waals surface area contributed by atoms with Gasteiger partial charge in [0.2, 0.25) is 0 Å². The van der Waals surface area contributed by atoms with Crippen molar-refractivity contribution in [3.8, 4) is 11.5 Å². The van der Waals surface area contributed by atoms with Crippen molar-refractivity contribution in [3.05, 3.63) is 75.6 Å². The molecule has 0 radical (unpaired) electrons. The number of ketones is 1. The van der Waals surface area contributed by atoms with Gasteiger partial charge in [-0.25, -0.2) is 0 Å². The van der Waals surface area contributed by atoms with E-state index in [-0.39, 0.29) is 16.5 Å². The minimum atomic E-state index is -5.28. The van der Waals surface area contributed by atoms with Crippen molar-refractivity contribution in [2.75, 3.05) is 5.32 Å². The highest BCUT2D eigenvalue weighted by atomic mass is 32.1. The van der Waals surface area contributed by atoms with Gasteiger partial charge in [-0.15, -0.1) is 11.3 Å². The summed E-state index contributed by atoms with van der Waals surface area (Å²) in [6.45, 7) is 3.97. The number of fused-ring (bicyclic) bond motifs is 1. The van der Waals surface area contributed by atoms with E-state index in [9.17, 15) is 35.9 Å². The fourth-order valence-corrected chi connectivity index (χ4v) is 4.90. The molecule has 5 nitrogen and oxygen atoms in total. The van der Waals surface area contributed by atoms with Gasteiger partial charge in [0.05, 0.1) is 4.88 Å². The number of alkyl halides is 6. The van der Waals surface area contributed by atoms with Crippen molar-refractivity contribution in [1.29, 1.82) is 0 Å². The summed E-state index contributed by atoms with van der Waals surface area (Å²) in [5.74, 6) is -4.07. The van der Waals surface area contributed by atoms with Crippen molar-refractivity contribution in [2.45, 2.75) is 45.0 Å². The summed E-state index contributed by atoms with van der Waals surface area (Å²) in [6.07, 6.45) is -7.10. The van der Waals surface area contributed by atoms with Crippen LogP contribution in [0.15, 0.2) is 54.0 Å². The molecule has 0 bridgehead atoms. The van der Waals surface area contributed by atoms with E-state index in [1.165, 1.54) is 35.7 Å². The molecule has 4 rings (SSSR count). The second kappa shape index (κ2) is 10.8. The van der Waals surface area contributed by atoms with E-state index in [0.29, 0.717) is 23.0 Å². The summed E-state index contributed by atoms with van der Waals surface area (Å²) in [5.41, 5.74) is -2.86. The van der Waals surface area contributed by atoms with Gasteiger partial charge < -0.3 is 15.0 Å². The molecule has 2 aromatic carbocycles. The molecule has 1 unspecified atom stereocenters. The number of Topliss-reactive ketones (excluding diaryl/α,β-unsaturated/α-hetero) is 1. The van der Waals surface area contributed by atoms with Crippen molar-refractivity contribution in [1.82, 2.24) is 4.98 Å². The monoisotopic (exact) mass is 568 g/mol. The average molecular weight is 569 g/mol. The third kappa shape index (κ3) is 6.11. The molecule has 0 aliphatic rings. The number of anilines is 1. The van der Waals surface area contributed by atoms with E-state index in [1.54, 1.807) is 6.20 Å². The van der Waals surface area contributed by atoms with E-state index in [0.717, 1.165) is 29.7 Å². The number of halogens is 6. The molecule has 2 N–H and O–H groups in total. The van der Waals surface area contributed by atoms with E-state index >= 15 is 0 Å². The van der Waals surface area contributed by atoms with Crippen LogP contribution in [0.25, 0.3) is 10.9 Å². The minimum absolute atomic E-state index is 0.0210. The van der Waals surface area contributed by atoms with Crippen LogP contribution in [0.3, 0.4) is 0 Å². The highest BCUT2D eigenvalue weighted by molar-refractivity contribution is 7.13. The first-order valence-corrected chi connectivity index (χ1v) is 12.7. The Hall–Kier alpha value is -3.80. The molecule has 0 aliphatic carbocycles. The van der Waals surface area contributed by atoms with Crippen LogP contribution >= 0.6 is 11.3 Å². The number of ether oxygens (including phenoxy) is 1. The van der Waals surface area contributed by atoms with Crippen molar-refractivity contribution in [3.63, 3.8) is 0 Å². The van der Waals surface area contributed by atoms with E-state index in [2.05, 4.69) is 4.98 Å². The maximum Gasteiger partial charge on any atom is 0.420 e. The molecule has 2 heterocycles. The number of carbonyl (C=O) groups excluding carboxylic acids is 2. The van der Waals surface area contributed by atoms with Crippen LogP contribution in [0.5, 0.6) is 11.5 Å². The third-order valence-electron chi connectivity index (χ3n) is 6.07. The second-order valence-electron chi connectivity index (χ2n) is 8.90. The molecule has 2 aromatic heterocycles. The first-order valence-electron chi connectivity index (χ1n) is 11.8. The summed E-state index contributed by atoms with van der Waals surface area (Å²) in [4.78, 5) is 27.5. The van der Waals surface area contributed by atoms with Gasteiger partial charge in [-0.3, -0.25) is 9.59 Å². The van der Waals surface area contributed by atoms with Gasteiger partial charge in [-0.05, 0) is 59.7 Å². The summed E-state index contributed by atoms with van der Waals surface area (Å²) >= 11 is 0.902. The number of hydrogen-bond acceptors (Lipinski definition) is 4. The van der Waals surface area contributed by atoms with Gasteiger partial charge in [0.1, 0.15) is 16.9 Å². The summed E-state index contributed by atoms with van der Waals surface area (Å²) in [6, 6.07) is 7.58. The molecule has 1 atom stereocenters. The molecule has 206 valence electrons. The van der Waals surface area contributed by atoms with Crippen molar-refractivity contribution >= 4 is 39.6 Å². The molecule has 0 aliphatic heterocycles. The molecule has 4 aromatic rings. The Bertz CT molecular complexity index is 1470. The summed E-state index contributed by atoms with van der Waals surface area (Å²) in [7, 11) is 0. The number of rotatable bonds is 8. The van der Waals surface area contributed by atoms with E-state index < -0.39 is 46.6 Å². The fraction of sp³-hybridized carbons (Fsp3) is 0.259. The van der Waals surface area contributed by atoms with Gasteiger partial charge in [-0.2, -0.15) is 26.3 Å². The van der Waals surface area contributed by atoms with Crippen LogP contribution < -0.4 is 10.1 Å². The lowest BCUT2D eigenvalue weighted by Crippen LogP contribution is -2.23. The van der Waals surface area contributed by atoms with E-state index in [1.807, 2.05) is 19.2 Å². The number of hydrogen-bond donors (Lipinski definition) is 2. The highest BCUT2D eigenvalue weighted by Crippen LogP contribution is 2.48. The Morgan fingerprint density at radius 1 is 1.03 bits per heavy atom. The van der Waals surface area contributed by atoms with Crippen LogP contribution in [-0.2, 0) is 17.1 Å². The molecule has 0 fully saturated rings. The molecule has 1 amide bonds. The van der Waals surface area contributed by atoms with Crippen LogP contribution in [0, 0.1) is 0 Å². The number of amides is 1. The predicted molar refractivity (Wildman–Crippen MR) is 135 cm³/mol. The van der Waals surface area contributed by atoms with Crippen LogP contribution in [0.2, 0.25) is 0 Å². The van der Waals surface area contributed by atoms with Crippen molar-refractivity contribution < 1.29 is 40.7 Å². The van der Waals surface area contributed by atoms with Crippen molar-refractivity contribution in [2.24, 2.45) is 0 Å². The zero-order valence-electron chi connectivity index (χ0n) is 20.6.